The van der Waals surface area contributed by atoms with Crippen LogP contribution in [0.1, 0.15) is 10.4 Å². The molecule has 0 aliphatic rings. The Balaban J connectivity index is 2.28. The van der Waals surface area contributed by atoms with Gasteiger partial charge in [-0.05, 0) is 12.1 Å². The summed E-state index contributed by atoms with van der Waals surface area (Å²) < 4.78 is 0. The summed E-state index contributed by atoms with van der Waals surface area (Å²) >= 11 is 0. The molecule has 3 N–H and O–H groups in total. The van der Waals surface area contributed by atoms with Crippen molar-refractivity contribution in [1.82, 2.24) is 9.97 Å². The lowest BCUT2D eigenvalue weighted by molar-refractivity contribution is 0.102. The summed E-state index contributed by atoms with van der Waals surface area (Å²) in [6.45, 7) is 0. The molecule has 0 saturated heterocycles. The Morgan fingerprint density at radius 1 is 1.29 bits per heavy atom. The topological polar surface area (TPSA) is 95.1 Å². The summed E-state index contributed by atoms with van der Waals surface area (Å²) in [7, 11) is 0. The van der Waals surface area contributed by atoms with E-state index in [0.717, 1.165) is 6.33 Å². The highest BCUT2D eigenvalue weighted by atomic mass is 16.3. The number of hydrogen-bond acceptors (Lipinski definition) is 4. The number of rotatable bonds is 2. The van der Waals surface area contributed by atoms with E-state index in [1.807, 2.05) is 0 Å². The molecule has 0 saturated carbocycles. The Bertz CT molecular complexity index is 592. The van der Waals surface area contributed by atoms with Gasteiger partial charge in [0.1, 0.15) is 0 Å². The van der Waals surface area contributed by atoms with Crippen LogP contribution in [0.2, 0.25) is 0 Å². The van der Waals surface area contributed by atoms with Gasteiger partial charge in [0.2, 0.25) is 5.88 Å². The van der Waals surface area contributed by atoms with Crippen molar-refractivity contribution in [2.24, 2.45) is 0 Å². The molecule has 0 bridgehead atoms. The summed E-state index contributed by atoms with van der Waals surface area (Å²) in [5.74, 6) is -1.00. The van der Waals surface area contributed by atoms with E-state index in [2.05, 4.69) is 15.3 Å². The van der Waals surface area contributed by atoms with E-state index >= 15 is 0 Å². The van der Waals surface area contributed by atoms with Crippen LogP contribution in [0.15, 0.2) is 41.5 Å². The van der Waals surface area contributed by atoms with Gasteiger partial charge in [0, 0.05) is 5.56 Å². The second-order valence-corrected chi connectivity index (χ2v) is 3.25. The quantitative estimate of drug-likeness (QED) is 0.709. The summed E-state index contributed by atoms with van der Waals surface area (Å²) in [6, 6.07) is 8.35. The summed E-state index contributed by atoms with van der Waals surface area (Å²) in [4.78, 5) is 28.8. The van der Waals surface area contributed by atoms with Gasteiger partial charge in [-0.3, -0.25) is 9.59 Å². The van der Waals surface area contributed by atoms with Crippen molar-refractivity contribution in [1.29, 1.82) is 0 Å². The molecule has 0 radical (unpaired) electrons. The van der Waals surface area contributed by atoms with Crippen molar-refractivity contribution in [3.63, 3.8) is 0 Å². The second kappa shape index (κ2) is 4.48. The minimum Gasteiger partial charge on any atom is -0.492 e. The lowest BCUT2D eigenvalue weighted by atomic mass is 10.2. The van der Waals surface area contributed by atoms with Gasteiger partial charge in [-0.25, -0.2) is 4.98 Å². The minimum absolute atomic E-state index is 0.263. The fourth-order valence-electron chi connectivity index (χ4n) is 1.28. The zero-order chi connectivity index (χ0) is 12.3. The number of amides is 1. The van der Waals surface area contributed by atoms with Crippen molar-refractivity contribution in [3.05, 3.63) is 52.6 Å². The molecule has 86 valence electrons. The maximum absolute atomic E-state index is 11.7. The van der Waals surface area contributed by atoms with E-state index in [-0.39, 0.29) is 5.69 Å². The highest BCUT2D eigenvalue weighted by molar-refractivity contribution is 6.04. The third-order valence-electron chi connectivity index (χ3n) is 2.11. The van der Waals surface area contributed by atoms with Crippen LogP contribution >= 0.6 is 0 Å². The molecule has 0 fully saturated rings. The minimum atomic E-state index is -0.609. The van der Waals surface area contributed by atoms with Crippen molar-refractivity contribution in [2.75, 3.05) is 5.32 Å². The van der Waals surface area contributed by atoms with Crippen molar-refractivity contribution < 1.29 is 9.90 Å². The van der Waals surface area contributed by atoms with Crippen molar-refractivity contribution >= 4 is 11.6 Å². The maximum Gasteiger partial charge on any atom is 0.278 e. The summed E-state index contributed by atoms with van der Waals surface area (Å²) in [5, 5.41) is 11.6. The number of nitrogens with zero attached hydrogens (tertiary/aromatic N) is 1. The molecule has 2 aromatic rings. The number of hydrogen-bond donors (Lipinski definition) is 3. The Hall–Kier alpha value is -2.63. The van der Waals surface area contributed by atoms with Gasteiger partial charge in [-0.1, -0.05) is 18.2 Å². The maximum atomic E-state index is 11.7. The predicted molar refractivity (Wildman–Crippen MR) is 60.9 cm³/mol. The van der Waals surface area contributed by atoms with Crippen LogP contribution < -0.4 is 10.9 Å². The number of aromatic nitrogens is 2. The van der Waals surface area contributed by atoms with Gasteiger partial charge in [-0.2, -0.15) is 0 Å². The van der Waals surface area contributed by atoms with Gasteiger partial charge < -0.3 is 15.4 Å². The average Bonchev–Trinajstić information content (AvgIpc) is 2.35. The first-order chi connectivity index (χ1) is 8.18. The molecule has 2 rings (SSSR count). The van der Waals surface area contributed by atoms with E-state index in [4.69, 9.17) is 0 Å². The highest BCUT2D eigenvalue weighted by Gasteiger charge is 2.12. The molecule has 6 heteroatoms. The summed E-state index contributed by atoms with van der Waals surface area (Å²) in [5.41, 5.74) is -0.488. The third kappa shape index (κ3) is 2.31. The van der Waals surface area contributed by atoms with Gasteiger partial charge in [-0.15, -0.1) is 0 Å². The van der Waals surface area contributed by atoms with Crippen molar-refractivity contribution in [2.45, 2.75) is 0 Å². The van der Waals surface area contributed by atoms with Crippen molar-refractivity contribution in [3.8, 4) is 5.88 Å². The van der Waals surface area contributed by atoms with Crippen LogP contribution in [0.5, 0.6) is 5.88 Å². The van der Waals surface area contributed by atoms with Gasteiger partial charge in [0.05, 0.1) is 6.33 Å². The standard InChI is InChI=1S/C11H9N3O3/c15-9(7-4-2-1-3-5-7)14-8-10(16)12-6-13-11(8)17/h1-6H,(H,14,15)(H2,12,13,16,17). The van der Waals surface area contributed by atoms with Crippen LogP contribution in [0, 0.1) is 0 Å². The Labute approximate surface area is 96.0 Å². The SMILES string of the molecule is O=C(Nc1c(O)nc[nH]c1=O)c1ccccc1. The molecule has 1 heterocycles. The fraction of sp³-hybridized carbons (Fsp3) is 0. The first-order valence-corrected chi connectivity index (χ1v) is 4.81. The smallest absolute Gasteiger partial charge is 0.278 e. The zero-order valence-electron chi connectivity index (χ0n) is 8.68. The first kappa shape index (κ1) is 10.9. The number of benzene rings is 1. The molecule has 6 nitrogen and oxygen atoms in total. The molecule has 0 spiro atoms. The Morgan fingerprint density at radius 3 is 2.65 bits per heavy atom. The Kier molecular flexibility index (Phi) is 2.87. The average molecular weight is 231 g/mol. The number of aromatic amines is 1. The predicted octanol–water partition coefficient (Wildman–Crippen LogP) is 0.728. The molecule has 1 aromatic heterocycles. The normalized spacial score (nSPS) is 9.88. The number of nitrogens with one attached hydrogen (secondary N) is 2. The molecular formula is C11H9N3O3. The Morgan fingerprint density at radius 2 is 2.00 bits per heavy atom. The summed E-state index contributed by atoms with van der Waals surface area (Å²) in [6.07, 6.45) is 1.05. The van der Waals surface area contributed by atoms with Crippen LogP contribution in [0.4, 0.5) is 5.69 Å². The number of H-pyrrole nitrogens is 1. The molecule has 0 unspecified atom stereocenters. The van der Waals surface area contributed by atoms with Gasteiger partial charge >= 0.3 is 0 Å². The van der Waals surface area contributed by atoms with Gasteiger partial charge in [0.25, 0.3) is 11.5 Å². The van der Waals surface area contributed by atoms with E-state index in [0.29, 0.717) is 5.56 Å². The molecule has 0 aliphatic carbocycles. The molecule has 17 heavy (non-hydrogen) atoms. The molecule has 0 aliphatic heterocycles. The highest BCUT2D eigenvalue weighted by Crippen LogP contribution is 2.13. The van der Waals surface area contributed by atoms with E-state index in [1.165, 1.54) is 0 Å². The fourth-order valence-corrected chi connectivity index (χ4v) is 1.28. The number of carbonyl (C=O) groups is 1. The third-order valence-corrected chi connectivity index (χ3v) is 2.11. The van der Waals surface area contributed by atoms with Crippen LogP contribution in [-0.4, -0.2) is 21.0 Å². The molecule has 1 amide bonds. The van der Waals surface area contributed by atoms with Gasteiger partial charge in [0.15, 0.2) is 5.69 Å². The first-order valence-electron chi connectivity index (χ1n) is 4.81. The second-order valence-electron chi connectivity index (χ2n) is 3.25. The van der Waals surface area contributed by atoms with Crippen LogP contribution in [0.25, 0.3) is 0 Å². The molecular weight excluding hydrogens is 222 g/mol. The lowest BCUT2D eigenvalue weighted by Crippen LogP contribution is -2.20. The van der Waals surface area contributed by atoms with E-state index in [9.17, 15) is 14.7 Å². The number of aromatic hydroxyl groups is 1. The zero-order valence-corrected chi connectivity index (χ0v) is 8.68. The molecule has 1 aromatic carbocycles. The largest absolute Gasteiger partial charge is 0.492 e. The lowest BCUT2D eigenvalue weighted by Gasteiger charge is -2.04. The van der Waals surface area contributed by atoms with E-state index < -0.39 is 17.3 Å². The van der Waals surface area contributed by atoms with E-state index in [1.54, 1.807) is 30.3 Å². The monoisotopic (exact) mass is 231 g/mol. The van der Waals surface area contributed by atoms with Crippen LogP contribution in [-0.2, 0) is 0 Å². The number of carbonyl (C=O) groups excluding carboxylic acids is 1. The van der Waals surface area contributed by atoms with Crippen LogP contribution in [0.3, 0.4) is 0 Å². The number of anilines is 1. The molecule has 0 atom stereocenters.